The van der Waals surface area contributed by atoms with Crippen molar-refractivity contribution in [3.05, 3.63) is 164 Å². The molecule has 0 N–H and O–H groups in total. The van der Waals surface area contributed by atoms with Crippen molar-refractivity contribution in [3.8, 4) is 33.8 Å². The van der Waals surface area contributed by atoms with Gasteiger partial charge < -0.3 is 9.64 Å². The Hall–Kier alpha value is -5.86. The van der Waals surface area contributed by atoms with E-state index in [2.05, 4.69) is 163 Å². The average molecular weight is 562 g/mol. The molecule has 44 heavy (non-hydrogen) atoms. The summed E-state index contributed by atoms with van der Waals surface area (Å²) >= 11 is 0. The van der Waals surface area contributed by atoms with Crippen molar-refractivity contribution in [1.82, 2.24) is 0 Å². The fourth-order valence-corrected chi connectivity index (χ4v) is 6.77. The van der Waals surface area contributed by atoms with Crippen molar-refractivity contribution < 1.29 is 4.74 Å². The lowest BCUT2D eigenvalue weighted by Gasteiger charge is -2.29. The highest BCUT2D eigenvalue weighted by Gasteiger charge is 2.24. The lowest BCUT2D eigenvalue weighted by Crippen LogP contribution is -2.11. The number of benzene rings is 8. The van der Waals surface area contributed by atoms with Crippen molar-refractivity contribution in [2.24, 2.45) is 0 Å². The highest BCUT2D eigenvalue weighted by molar-refractivity contribution is 6.12. The zero-order valence-corrected chi connectivity index (χ0v) is 23.9. The first-order chi connectivity index (χ1) is 21.8. The third-order valence-electron chi connectivity index (χ3n) is 8.82. The molecule has 8 aromatic carbocycles. The van der Waals surface area contributed by atoms with Gasteiger partial charge in [-0.3, -0.25) is 0 Å². The van der Waals surface area contributed by atoms with Crippen LogP contribution in [0.5, 0.6) is 11.5 Å². The molecule has 0 aliphatic carbocycles. The number of nitrogens with zero attached hydrogens (tertiary/aromatic N) is 1. The Balaban J connectivity index is 1.23. The average Bonchev–Trinajstić information content (AvgIpc) is 3.10. The molecule has 1 aliphatic heterocycles. The molecule has 2 heteroatoms. The third-order valence-corrected chi connectivity index (χ3v) is 8.82. The largest absolute Gasteiger partial charge is 0.456 e. The first kappa shape index (κ1) is 24.7. The van der Waals surface area contributed by atoms with Crippen LogP contribution in [0, 0.1) is 0 Å². The summed E-state index contributed by atoms with van der Waals surface area (Å²) in [6.45, 7) is 0. The monoisotopic (exact) mass is 561 g/mol. The van der Waals surface area contributed by atoms with Crippen LogP contribution in [0.15, 0.2) is 164 Å². The zero-order valence-electron chi connectivity index (χ0n) is 23.9. The van der Waals surface area contributed by atoms with Crippen LogP contribution in [-0.2, 0) is 0 Å². The van der Waals surface area contributed by atoms with Crippen molar-refractivity contribution in [2.45, 2.75) is 0 Å². The lowest BCUT2D eigenvalue weighted by molar-refractivity contribution is 0.487. The minimum Gasteiger partial charge on any atom is -0.456 e. The molecule has 1 heterocycles. The second-order valence-electron chi connectivity index (χ2n) is 11.4. The van der Waals surface area contributed by atoms with Gasteiger partial charge in [0.25, 0.3) is 0 Å². The number of hydrogen-bond acceptors (Lipinski definition) is 2. The first-order valence-electron chi connectivity index (χ1n) is 15.0. The zero-order chi connectivity index (χ0) is 29.0. The standard InChI is InChI=1S/C42H27NO/c1-3-10-28(11-4-1)30-20-22-36-37-16-9-17-38-39(24-25-40(42(37)38)44-41(36)27-30)43(32-13-5-2-6-14-32)33-21-23-35-31(26-33)19-18-29-12-7-8-15-34(29)35/h1-27H. The van der Waals surface area contributed by atoms with E-state index in [-0.39, 0.29) is 0 Å². The number of fused-ring (bicyclic) bond motifs is 5. The molecule has 0 unspecified atom stereocenters. The van der Waals surface area contributed by atoms with Crippen LogP contribution in [0.4, 0.5) is 17.1 Å². The Bertz CT molecular complexity index is 2360. The minimum atomic E-state index is 0.884. The SMILES string of the molecule is c1ccc(-c2ccc3c(c2)Oc2ccc(N(c4ccccc4)c4ccc5c(ccc6ccccc65)c4)c4cccc-3c24)cc1. The number of hydrogen-bond donors (Lipinski definition) is 0. The van der Waals surface area contributed by atoms with Gasteiger partial charge in [0.1, 0.15) is 11.5 Å². The van der Waals surface area contributed by atoms with Gasteiger partial charge in [-0.25, -0.2) is 0 Å². The molecule has 0 fully saturated rings. The summed E-state index contributed by atoms with van der Waals surface area (Å²) in [7, 11) is 0. The highest BCUT2D eigenvalue weighted by Crippen LogP contribution is 2.51. The molecule has 0 saturated carbocycles. The summed E-state index contributed by atoms with van der Waals surface area (Å²) < 4.78 is 6.64. The topological polar surface area (TPSA) is 12.5 Å². The molecule has 0 saturated heterocycles. The molecular formula is C42H27NO. The van der Waals surface area contributed by atoms with Crippen LogP contribution in [0.3, 0.4) is 0 Å². The summed E-state index contributed by atoms with van der Waals surface area (Å²) in [6, 6.07) is 58.4. The van der Waals surface area contributed by atoms with Gasteiger partial charge in [-0.05, 0) is 86.8 Å². The first-order valence-corrected chi connectivity index (χ1v) is 15.0. The maximum Gasteiger partial charge on any atom is 0.136 e. The van der Waals surface area contributed by atoms with Gasteiger partial charge >= 0.3 is 0 Å². The minimum absolute atomic E-state index is 0.884. The van der Waals surface area contributed by atoms with E-state index in [4.69, 9.17) is 4.74 Å². The molecule has 9 rings (SSSR count). The highest BCUT2D eigenvalue weighted by atomic mass is 16.5. The van der Waals surface area contributed by atoms with Crippen LogP contribution in [0.25, 0.3) is 54.6 Å². The van der Waals surface area contributed by atoms with Crippen LogP contribution in [0.2, 0.25) is 0 Å². The smallest absolute Gasteiger partial charge is 0.136 e. The van der Waals surface area contributed by atoms with E-state index in [1.807, 2.05) is 6.07 Å². The summed E-state index contributed by atoms with van der Waals surface area (Å²) in [6.07, 6.45) is 0. The predicted molar refractivity (Wildman–Crippen MR) is 185 cm³/mol. The van der Waals surface area contributed by atoms with E-state index in [0.29, 0.717) is 0 Å². The van der Waals surface area contributed by atoms with E-state index < -0.39 is 0 Å². The molecule has 0 aromatic heterocycles. The predicted octanol–water partition coefficient (Wildman–Crippen LogP) is 12.1. The Morgan fingerprint density at radius 2 is 1.14 bits per heavy atom. The van der Waals surface area contributed by atoms with E-state index >= 15 is 0 Å². The fourth-order valence-electron chi connectivity index (χ4n) is 6.77. The van der Waals surface area contributed by atoms with E-state index in [9.17, 15) is 0 Å². The third kappa shape index (κ3) is 3.89. The molecule has 0 bridgehead atoms. The van der Waals surface area contributed by atoms with Gasteiger partial charge in [-0.15, -0.1) is 0 Å². The molecule has 0 atom stereocenters. The summed E-state index contributed by atoms with van der Waals surface area (Å²) in [5, 5.41) is 7.30. The Morgan fingerprint density at radius 1 is 0.386 bits per heavy atom. The second kappa shape index (κ2) is 9.86. The summed E-state index contributed by atoms with van der Waals surface area (Å²) in [5.41, 5.74) is 7.98. The van der Waals surface area contributed by atoms with E-state index in [1.165, 1.54) is 32.7 Å². The maximum absolute atomic E-state index is 6.64. The van der Waals surface area contributed by atoms with Crippen molar-refractivity contribution in [2.75, 3.05) is 4.90 Å². The molecule has 0 radical (unpaired) electrons. The number of ether oxygens (including phenoxy) is 1. The number of rotatable bonds is 4. The van der Waals surface area contributed by atoms with E-state index in [1.54, 1.807) is 0 Å². The number of para-hydroxylation sites is 1. The summed E-state index contributed by atoms with van der Waals surface area (Å²) in [4.78, 5) is 2.37. The molecule has 1 aliphatic rings. The molecule has 206 valence electrons. The fraction of sp³-hybridized carbons (Fsp3) is 0. The van der Waals surface area contributed by atoms with Gasteiger partial charge in [0, 0.05) is 27.7 Å². The lowest BCUT2D eigenvalue weighted by atomic mass is 9.92. The molecule has 8 aromatic rings. The van der Waals surface area contributed by atoms with Crippen LogP contribution < -0.4 is 9.64 Å². The second-order valence-corrected chi connectivity index (χ2v) is 11.4. The van der Waals surface area contributed by atoms with Gasteiger partial charge in [-0.1, -0.05) is 115 Å². The van der Waals surface area contributed by atoms with Gasteiger partial charge in [-0.2, -0.15) is 0 Å². The van der Waals surface area contributed by atoms with Gasteiger partial charge in [0.2, 0.25) is 0 Å². The van der Waals surface area contributed by atoms with Gasteiger partial charge in [0.15, 0.2) is 0 Å². The molecular weight excluding hydrogens is 534 g/mol. The molecule has 0 amide bonds. The number of anilines is 3. The van der Waals surface area contributed by atoms with E-state index in [0.717, 1.165) is 50.5 Å². The molecule has 2 nitrogen and oxygen atoms in total. The van der Waals surface area contributed by atoms with Crippen LogP contribution in [-0.4, -0.2) is 0 Å². The van der Waals surface area contributed by atoms with Crippen molar-refractivity contribution in [1.29, 1.82) is 0 Å². The van der Waals surface area contributed by atoms with Crippen LogP contribution >= 0.6 is 0 Å². The summed E-state index contributed by atoms with van der Waals surface area (Å²) in [5.74, 6) is 1.77. The van der Waals surface area contributed by atoms with Crippen LogP contribution in [0.1, 0.15) is 0 Å². The normalized spacial score (nSPS) is 11.8. The van der Waals surface area contributed by atoms with Crippen molar-refractivity contribution >= 4 is 49.4 Å². The Morgan fingerprint density at radius 3 is 2.02 bits per heavy atom. The molecule has 0 spiro atoms. The van der Waals surface area contributed by atoms with Crippen molar-refractivity contribution in [3.63, 3.8) is 0 Å². The quantitative estimate of drug-likeness (QED) is 0.198. The Labute approximate surface area is 256 Å². The maximum atomic E-state index is 6.64. The Kier molecular flexibility index (Phi) is 5.54. The van der Waals surface area contributed by atoms with Gasteiger partial charge in [0.05, 0.1) is 5.69 Å².